The van der Waals surface area contributed by atoms with Gasteiger partial charge in [-0.15, -0.1) is 0 Å². The van der Waals surface area contributed by atoms with Gasteiger partial charge >= 0.3 is 5.97 Å². The van der Waals surface area contributed by atoms with Crippen LogP contribution in [0.3, 0.4) is 0 Å². The maximum absolute atomic E-state index is 11.7. The lowest BCUT2D eigenvalue weighted by atomic mass is 9.95. The molecule has 1 fully saturated rings. The molecule has 0 bridgehead atoms. The van der Waals surface area contributed by atoms with Crippen molar-refractivity contribution in [3.8, 4) is 11.5 Å². The van der Waals surface area contributed by atoms with Gasteiger partial charge in [0.1, 0.15) is 6.04 Å². The van der Waals surface area contributed by atoms with Gasteiger partial charge in [-0.1, -0.05) is 12.1 Å². The first-order chi connectivity index (χ1) is 12.2. The largest absolute Gasteiger partial charge is 0.493 e. The fourth-order valence-electron chi connectivity index (χ4n) is 3.59. The lowest BCUT2D eigenvalue weighted by Gasteiger charge is -2.33. The van der Waals surface area contributed by atoms with Gasteiger partial charge in [-0.25, -0.2) is 0 Å². The maximum Gasteiger partial charge on any atom is 0.320 e. The van der Waals surface area contributed by atoms with Crippen LogP contribution in [0.4, 0.5) is 0 Å². The summed E-state index contributed by atoms with van der Waals surface area (Å²) in [6, 6.07) is 8.78. The Hall–Kier alpha value is -2.60. The molecule has 0 radical (unpaired) electrons. The summed E-state index contributed by atoms with van der Waals surface area (Å²) < 4.78 is 11.0. The predicted octanol–water partition coefficient (Wildman–Crippen LogP) is 2.74. The Balaban J connectivity index is 2.15. The van der Waals surface area contributed by atoms with Crippen LogP contribution in [0.2, 0.25) is 0 Å². The summed E-state index contributed by atoms with van der Waals surface area (Å²) in [6.45, 7) is 0.713. The summed E-state index contributed by atoms with van der Waals surface area (Å²) in [5, 5.41) is 9.64. The van der Waals surface area contributed by atoms with Crippen molar-refractivity contribution < 1.29 is 19.4 Å². The number of benzene rings is 1. The number of para-hydroxylation sites is 1. The molecule has 0 saturated carbocycles. The minimum Gasteiger partial charge on any atom is -0.493 e. The minimum absolute atomic E-state index is 0.239. The lowest BCUT2D eigenvalue weighted by Crippen LogP contribution is -2.39. The Morgan fingerprint density at radius 2 is 2.00 bits per heavy atom. The van der Waals surface area contributed by atoms with E-state index in [9.17, 15) is 9.90 Å². The van der Waals surface area contributed by atoms with Crippen LogP contribution in [0.5, 0.6) is 11.5 Å². The molecular weight excluding hydrogens is 320 g/mol. The van der Waals surface area contributed by atoms with Crippen LogP contribution in [-0.4, -0.2) is 47.8 Å². The molecule has 6 nitrogen and oxygen atoms in total. The van der Waals surface area contributed by atoms with Gasteiger partial charge in [0.15, 0.2) is 11.5 Å². The summed E-state index contributed by atoms with van der Waals surface area (Å²) in [5.41, 5.74) is 1.87. The highest BCUT2D eigenvalue weighted by molar-refractivity contribution is 5.74. The van der Waals surface area contributed by atoms with Crippen LogP contribution in [0.25, 0.3) is 0 Å². The van der Waals surface area contributed by atoms with Crippen LogP contribution in [0, 0.1) is 0 Å². The molecule has 0 spiro atoms. The molecule has 0 aliphatic carbocycles. The molecule has 2 aromatic rings. The second kappa shape index (κ2) is 7.53. The normalized spacial score (nSPS) is 18.7. The van der Waals surface area contributed by atoms with Crippen LogP contribution in [-0.2, 0) is 4.79 Å². The van der Waals surface area contributed by atoms with E-state index < -0.39 is 12.0 Å². The third kappa shape index (κ3) is 3.30. The monoisotopic (exact) mass is 342 g/mol. The average molecular weight is 342 g/mol. The Bertz CT molecular complexity index is 735. The number of carboxylic acids is 1. The van der Waals surface area contributed by atoms with Crippen molar-refractivity contribution in [2.75, 3.05) is 20.8 Å². The second-order valence-electron chi connectivity index (χ2n) is 6.00. The third-order valence-electron chi connectivity index (χ3n) is 4.66. The molecule has 0 amide bonds. The van der Waals surface area contributed by atoms with E-state index in [1.54, 1.807) is 26.6 Å². The number of carbonyl (C=O) groups is 1. The van der Waals surface area contributed by atoms with Crippen molar-refractivity contribution in [3.63, 3.8) is 0 Å². The molecule has 132 valence electrons. The van der Waals surface area contributed by atoms with Gasteiger partial charge in [0.2, 0.25) is 0 Å². The number of carboxylic acid groups (broad SMARTS) is 1. The molecule has 25 heavy (non-hydrogen) atoms. The number of aliphatic carboxylic acids is 1. The Morgan fingerprint density at radius 1 is 1.24 bits per heavy atom. The number of ether oxygens (including phenoxy) is 2. The number of hydrogen-bond donors (Lipinski definition) is 1. The summed E-state index contributed by atoms with van der Waals surface area (Å²) >= 11 is 0. The smallest absolute Gasteiger partial charge is 0.320 e. The van der Waals surface area contributed by atoms with E-state index in [2.05, 4.69) is 4.98 Å². The SMILES string of the molecule is COc1cccc(C(c2ccncc2)N2CCCC2C(=O)O)c1OC. The topological polar surface area (TPSA) is 71.9 Å². The minimum atomic E-state index is -0.793. The van der Waals surface area contributed by atoms with E-state index in [-0.39, 0.29) is 6.04 Å². The van der Waals surface area contributed by atoms with E-state index in [0.717, 1.165) is 17.5 Å². The lowest BCUT2D eigenvalue weighted by molar-refractivity contribution is -0.142. The molecule has 3 rings (SSSR count). The molecule has 6 heteroatoms. The van der Waals surface area contributed by atoms with E-state index in [4.69, 9.17) is 9.47 Å². The fourth-order valence-corrected chi connectivity index (χ4v) is 3.59. The van der Waals surface area contributed by atoms with Crippen LogP contribution in [0.1, 0.15) is 30.0 Å². The number of aromatic nitrogens is 1. The van der Waals surface area contributed by atoms with E-state index in [0.29, 0.717) is 24.5 Å². The molecule has 1 aromatic heterocycles. The Morgan fingerprint density at radius 3 is 2.64 bits per heavy atom. The molecule has 2 unspecified atom stereocenters. The van der Waals surface area contributed by atoms with Crippen molar-refractivity contribution in [1.82, 2.24) is 9.88 Å². The molecule has 2 heterocycles. The highest BCUT2D eigenvalue weighted by atomic mass is 16.5. The van der Waals surface area contributed by atoms with Gasteiger partial charge in [0.25, 0.3) is 0 Å². The molecule has 1 aliphatic rings. The Labute approximate surface area is 147 Å². The van der Waals surface area contributed by atoms with Crippen LogP contribution in [0.15, 0.2) is 42.7 Å². The standard InChI is InChI=1S/C19H22N2O4/c1-24-16-7-3-5-14(18(16)25-2)17(13-8-10-20-11-9-13)21-12-4-6-15(21)19(22)23/h3,5,7-11,15,17H,4,6,12H2,1-2H3,(H,22,23). The van der Waals surface area contributed by atoms with Crippen LogP contribution < -0.4 is 9.47 Å². The first-order valence-corrected chi connectivity index (χ1v) is 8.26. The number of pyridine rings is 1. The highest BCUT2D eigenvalue weighted by Crippen LogP contribution is 2.42. The van der Waals surface area contributed by atoms with Crippen molar-refractivity contribution in [2.45, 2.75) is 24.9 Å². The van der Waals surface area contributed by atoms with E-state index in [1.807, 2.05) is 35.2 Å². The molecule has 1 aromatic carbocycles. The molecule has 1 N–H and O–H groups in total. The summed E-state index contributed by atoms with van der Waals surface area (Å²) in [7, 11) is 3.20. The van der Waals surface area contributed by atoms with Gasteiger partial charge in [-0.2, -0.15) is 0 Å². The van der Waals surface area contributed by atoms with Crippen LogP contribution >= 0.6 is 0 Å². The second-order valence-corrected chi connectivity index (χ2v) is 6.00. The quantitative estimate of drug-likeness (QED) is 0.870. The van der Waals surface area contributed by atoms with Gasteiger partial charge in [0, 0.05) is 24.5 Å². The fraction of sp³-hybridized carbons (Fsp3) is 0.368. The van der Waals surface area contributed by atoms with Gasteiger partial charge in [0.05, 0.1) is 20.3 Å². The van der Waals surface area contributed by atoms with Crippen molar-refractivity contribution in [2.24, 2.45) is 0 Å². The molecule has 1 aliphatic heterocycles. The zero-order chi connectivity index (χ0) is 17.8. The van der Waals surface area contributed by atoms with Crippen molar-refractivity contribution in [1.29, 1.82) is 0 Å². The van der Waals surface area contributed by atoms with E-state index >= 15 is 0 Å². The average Bonchev–Trinajstić information content (AvgIpc) is 3.12. The molecule has 1 saturated heterocycles. The van der Waals surface area contributed by atoms with Gasteiger partial charge in [-0.05, 0) is 36.6 Å². The van der Waals surface area contributed by atoms with Crippen molar-refractivity contribution in [3.05, 3.63) is 53.9 Å². The Kier molecular flexibility index (Phi) is 5.19. The number of hydrogen-bond acceptors (Lipinski definition) is 5. The zero-order valence-corrected chi connectivity index (χ0v) is 14.4. The van der Waals surface area contributed by atoms with Gasteiger partial charge in [-0.3, -0.25) is 14.7 Å². The number of methoxy groups -OCH3 is 2. The first kappa shape index (κ1) is 17.2. The van der Waals surface area contributed by atoms with E-state index in [1.165, 1.54) is 0 Å². The maximum atomic E-state index is 11.7. The summed E-state index contributed by atoms with van der Waals surface area (Å²) in [5.74, 6) is 0.464. The highest BCUT2D eigenvalue weighted by Gasteiger charge is 2.38. The number of nitrogens with zero attached hydrogens (tertiary/aromatic N) is 2. The summed E-state index contributed by atoms with van der Waals surface area (Å²) in [4.78, 5) is 17.9. The van der Waals surface area contributed by atoms with Gasteiger partial charge < -0.3 is 14.6 Å². The molecule has 2 atom stereocenters. The summed E-state index contributed by atoms with van der Waals surface area (Å²) in [6.07, 6.45) is 4.94. The molecular formula is C19H22N2O4. The van der Waals surface area contributed by atoms with Crippen molar-refractivity contribution >= 4 is 5.97 Å². The number of likely N-dealkylation sites (tertiary alicyclic amines) is 1. The zero-order valence-electron chi connectivity index (χ0n) is 14.4. The third-order valence-corrected chi connectivity index (χ3v) is 4.66. The first-order valence-electron chi connectivity index (χ1n) is 8.26. The number of rotatable bonds is 6. The predicted molar refractivity (Wildman–Crippen MR) is 93.0 cm³/mol.